The maximum absolute atomic E-state index is 12.4. The van der Waals surface area contributed by atoms with E-state index < -0.39 is 0 Å². The van der Waals surface area contributed by atoms with Gasteiger partial charge >= 0.3 is 0 Å². The second kappa shape index (κ2) is 8.17. The fourth-order valence-electron chi connectivity index (χ4n) is 3.91. The third-order valence-electron chi connectivity index (χ3n) is 5.90. The van der Waals surface area contributed by atoms with Crippen LogP contribution in [0.15, 0.2) is 48.5 Å². The number of piperidine rings is 1. The van der Waals surface area contributed by atoms with E-state index in [1.54, 1.807) is 0 Å². The molecule has 2 amide bonds. The van der Waals surface area contributed by atoms with E-state index in [-0.39, 0.29) is 5.91 Å². The molecular weight excluding hydrogens is 348 g/mol. The Balaban J connectivity index is 1.28. The van der Waals surface area contributed by atoms with E-state index in [0.29, 0.717) is 23.3 Å². The molecule has 2 aromatic rings. The van der Waals surface area contributed by atoms with Crippen LogP contribution in [0.4, 0.5) is 5.69 Å². The molecule has 2 fully saturated rings. The van der Waals surface area contributed by atoms with Gasteiger partial charge in [0.15, 0.2) is 0 Å². The lowest BCUT2D eigenvalue weighted by Crippen LogP contribution is -2.39. The van der Waals surface area contributed by atoms with Gasteiger partial charge in [0.25, 0.3) is 5.91 Å². The highest BCUT2D eigenvalue weighted by molar-refractivity contribution is 6.04. The van der Waals surface area contributed by atoms with Crippen molar-refractivity contribution in [1.82, 2.24) is 4.90 Å². The van der Waals surface area contributed by atoms with Gasteiger partial charge < -0.3 is 10.2 Å². The van der Waals surface area contributed by atoms with Crippen molar-refractivity contribution in [2.75, 3.05) is 18.4 Å². The molecule has 0 bridgehead atoms. The van der Waals surface area contributed by atoms with Crippen molar-refractivity contribution in [3.63, 3.8) is 0 Å². The van der Waals surface area contributed by atoms with E-state index in [9.17, 15) is 9.59 Å². The Labute approximate surface area is 166 Å². The van der Waals surface area contributed by atoms with Crippen molar-refractivity contribution in [2.24, 2.45) is 11.8 Å². The minimum Gasteiger partial charge on any atom is -0.342 e. The number of rotatable bonds is 5. The second-order valence-corrected chi connectivity index (χ2v) is 8.26. The van der Waals surface area contributed by atoms with Gasteiger partial charge in [-0.05, 0) is 74.8 Å². The quantitative estimate of drug-likeness (QED) is 0.839. The number of carbonyl (C=O) groups is 2. The molecule has 0 atom stereocenters. The smallest absolute Gasteiger partial charge is 0.255 e. The largest absolute Gasteiger partial charge is 0.342 e. The molecular formula is C24H28N2O2. The number of hydrogen-bond donors (Lipinski definition) is 1. The van der Waals surface area contributed by atoms with Gasteiger partial charge in [-0.1, -0.05) is 29.8 Å². The predicted molar refractivity (Wildman–Crippen MR) is 111 cm³/mol. The lowest BCUT2D eigenvalue weighted by Gasteiger charge is -2.32. The molecule has 28 heavy (non-hydrogen) atoms. The maximum atomic E-state index is 12.4. The van der Waals surface area contributed by atoms with Crippen LogP contribution < -0.4 is 5.32 Å². The molecule has 2 aliphatic rings. The molecule has 0 spiro atoms. The maximum Gasteiger partial charge on any atom is 0.255 e. The fourth-order valence-corrected chi connectivity index (χ4v) is 3.91. The number of likely N-dealkylation sites (tertiary alicyclic amines) is 1. The molecule has 1 aliphatic carbocycles. The molecule has 1 aliphatic heterocycles. The van der Waals surface area contributed by atoms with Crippen LogP contribution in [0.1, 0.15) is 47.2 Å². The molecule has 0 unspecified atom stereocenters. The van der Waals surface area contributed by atoms with Crippen LogP contribution in [-0.4, -0.2) is 29.8 Å². The Morgan fingerprint density at radius 1 is 0.929 bits per heavy atom. The first kappa shape index (κ1) is 18.7. The van der Waals surface area contributed by atoms with Gasteiger partial charge in [0.2, 0.25) is 5.91 Å². The fraction of sp³-hybridized carbons (Fsp3) is 0.417. The highest BCUT2D eigenvalue weighted by Crippen LogP contribution is 2.33. The topological polar surface area (TPSA) is 49.4 Å². The average molecular weight is 377 g/mol. The van der Waals surface area contributed by atoms with E-state index in [2.05, 4.69) is 22.3 Å². The third kappa shape index (κ3) is 4.61. The number of aryl methyl sites for hydroxylation is 1. The summed E-state index contributed by atoms with van der Waals surface area (Å²) in [7, 11) is 0. The van der Waals surface area contributed by atoms with Gasteiger partial charge in [-0.25, -0.2) is 0 Å². The zero-order valence-corrected chi connectivity index (χ0v) is 16.5. The zero-order valence-electron chi connectivity index (χ0n) is 16.5. The minimum atomic E-state index is -0.0812. The summed E-state index contributed by atoms with van der Waals surface area (Å²) in [4.78, 5) is 26.6. The second-order valence-electron chi connectivity index (χ2n) is 8.26. The van der Waals surface area contributed by atoms with Crippen LogP contribution in [0, 0.1) is 18.8 Å². The van der Waals surface area contributed by atoms with Crippen LogP contribution in [0.5, 0.6) is 0 Å². The van der Waals surface area contributed by atoms with Gasteiger partial charge in [0, 0.05) is 30.3 Å². The normalized spacial score (nSPS) is 17.4. The van der Waals surface area contributed by atoms with Crippen LogP contribution >= 0.6 is 0 Å². The molecule has 2 aromatic carbocycles. The zero-order chi connectivity index (χ0) is 19.5. The summed E-state index contributed by atoms with van der Waals surface area (Å²) in [6.07, 6.45) is 5.35. The number of anilines is 1. The number of nitrogens with one attached hydrogen (secondary N) is 1. The minimum absolute atomic E-state index is 0.0812. The first-order chi connectivity index (χ1) is 13.6. The third-order valence-corrected chi connectivity index (χ3v) is 5.90. The first-order valence-corrected chi connectivity index (χ1v) is 10.3. The summed E-state index contributed by atoms with van der Waals surface area (Å²) in [5.74, 6) is 1.25. The van der Waals surface area contributed by atoms with E-state index in [0.717, 1.165) is 50.9 Å². The van der Waals surface area contributed by atoms with E-state index in [1.807, 2.05) is 43.3 Å². The predicted octanol–water partition coefficient (Wildman–Crippen LogP) is 4.44. The molecule has 1 N–H and O–H groups in total. The number of hydrogen-bond acceptors (Lipinski definition) is 2. The molecule has 4 rings (SSSR count). The lowest BCUT2D eigenvalue weighted by atomic mass is 9.89. The SMILES string of the molecule is Cc1ccc(NC(=O)c2ccc(CC3CCN(C(=O)C4CC4)CC3)cc2)cc1. The van der Waals surface area contributed by atoms with Crippen LogP contribution in [-0.2, 0) is 11.2 Å². The molecule has 1 saturated heterocycles. The van der Waals surface area contributed by atoms with Gasteiger partial charge in [-0.15, -0.1) is 0 Å². The Morgan fingerprint density at radius 3 is 2.18 bits per heavy atom. The van der Waals surface area contributed by atoms with Crippen molar-refractivity contribution in [1.29, 1.82) is 0 Å². The van der Waals surface area contributed by atoms with Crippen molar-refractivity contribution in [3.05, 3.63) is 65.2 Å². The van der Waals surface area contributed by atoms with Gasteiger partial charge in [-0.3, -0.25) is 9.59 Å². The summed E-state index contributed by atoms with van der Waals surface area (Å²) in [5.41, 5.74) is 3.92. The lowest BCUT2D eigenvalue weighted by molar-refractivity contribution is -0.133. The Morgan fingerprint density at radius 2 is 1.57 bits per heavy atom. The highest BCUT2D eigenvalue weighted by atomic mass is 16.2. The van der Waals surface area contributed by atoms with Gasteiger partial charge in [0.1, 0.15) is 0 Å². The molecule has 146 valence electrons. The standard InChI is InChI=1S/C24H28N2O2/c1-17-2-10-22(11-3-17)25-23(27)20-6-4-18(5-7-20)16-19-12-14-26(15-13-19)24(28)21-8-9-21/h2-7,10-11,19,21H,8-9,12-16H2,1H3,(H,25,27). The van der Waals surface area contributed by atoms with Crippen LogP contribution in [0.2, 0.25) is 0 Å². The number of amides is 2. The van der Waals surface area contributed by atoms with Crippen LogP contribution in [0.25, 0.3) is 0 Å². The van der Waals surface area contributed by atoms with Crippen LogP contribution in [0.3, 0.4) is 0 Å². The number of carbonyl (C=O) groups excluding carboxylic acids is 2. The van der Waals surface area contributed by atoms with Crippen molar-refractivity contribution >= 4 is 17.5 Å². The summed E-state index contributed by atoms with van der Waals surface area (Å²) in [6.45, 7) is 3.83. The van der Waals surface area contributed by atoms with E-state index in [4.69, 9.17) is 0 Å². The Hall–Kier alpha value is -2.62. The molecule has 0 aromatic heterocycles. The molecule has 4 heteroatoms. The highest BCUT2D eigenvalue weighted by Gasteiger charge is 2.34. The van der Waals surface area contributed by atoms with Gasteiger partial charge in [0.05, 0.1) is 0 Å². The Bertz CT molecular complexity index is 830. The van der Waals surface area contributed by atoms with E-state index >= 15 is 0 Å². The van der Waals surface area contributed by atoms with Gasteiger partial charge in [-0.2, -0.15) is 0 Å². The molecule has 1 saturated carbocycles. The number of nitrogens with zero attached hydrogens (tertiary/aromatic N) is 1. The molecule has 1 heterocycles. The van der Waals surface area contributed by atoms with Crippen molar-refractivity contribution in [3.8, 4) is 0 Å². The van der Waals surface area contributed by atoms with E-state index in [1.165, 1.54) is 11.1 Å². The van der Waals surface area contributed by atoms with Crippen molar-refractivity contribution < 1.29 is 9.59 Å². The molecule has 4 nitrogen and oxygen atoms in total. The van der Waals surface area contributed by atoms with Crippen molar-refractivity contribution in [2.45, 2.75) is 39.0 Å². The Kier molecular flexibility index (Phi) is 5.47. The first-order valence-electron chi connectivity index (χ1n) is 10.3. The summed E-state index contributed by atoms with van der Waals surface area (Å²) >= 11 is 0. The average Bonchev–Trinajstić information content (AvgIpc) is 3.56. The molecule has 0 radical (unpaired) electrons. The monoisotopic (exact) mass is 376 g/mol. The summed E-state index contributed by atoms with van der Waals surface area (Å²) in [6, 6.07) is 15.8. The number of benzene rings is 2. The summed E-state index contributed by atoms with van der Waals surface area (Å²) < 4.78 is 0. The summed E-state index contributed by atoms with van der Waals surface area (Å²) in [5, 5.41) is 2.94.